The van der Waals surface area contributed by atoms with Crippen LogP contribution in [0.25, 0.3) is 0 Å². The summed E-state index contributed by atoms with van der Waals surface area (Å²) >= 11 is 0. The van der Waals surface area contributed by atoms with Crippen molar-refractivity contribution in [2.45, 2.75) is 18.7 Å². The summed E-state index contributed by atoms with van der Waals surface area (Å²) < 4.78 is 17.9. The number of rotatable bonds is 9. The standard InChI is InChI=1S/C28H30N4O4S/c1-3-32(4-2)16-15-30-27(34)21-37(36,26-11-6-5-7-12-26)31-28(35)24-17-23(19-29-20-24)14-13-22-9-8-10-25(33)18-22/h5-12,17-20,33H,3-4,15-16,21H2,1-2H3,(H,30,34). The third-order valence-corrected chi connectivity index (χ3v) is 7.62. The lowest BCUT2D eigenvalue weighted by molar-refractivity contribution is -0.118. The molecule has 2 N–H and O–H groups in total. The molecule has 0 aliphatic carbocycles. The van der Waals surface area contributed by atoms with Crippen molar-refractivity contribution in [3.63, 3.8) is 0 Å². The summed E-state index contributed by atoms with van der Waals surface area (Å²) in [6.45, 7) is 6.89. The number of phenols is 1. The van der Waals surface area contributed by atoms with Gasteiger partial charge < -0.3 is 15.3 Å². The topological polar surface area (TPSA) is 112 Å². The van der Waals surface area contributed by atoms with E-state index >= 15 is 0 Å². The largest absolute Gasteiger partial charge is 0.508 e. The maximum atomic E-state index is 13.9. The maximum Gasteiger partial charge on any atom is 0.286 e. The van der Waals surface area contributed by atoms with Crippen molar-refractivity contribution in [3.8, 4) is 17.6 Å². The Balaban J connectivity index is 1.84. The van der Waals surface area contributed by atoms with Crippen molar-refractivity contribution in [2.75, 3.05) is 31.9 Å². The van der Waals surface area contributed by atoms with Crippen LogP contribution in [0.4, 0.5) is 0 Å². The van der Waals surface area contributed by atoms with Crippen molar-refractivity contribution in [1.29, 1.82) is 0 Å². The minimum atomic E-state index is -3.39. The fourth-order valence-corrected chi connectivity index (χ4v) is 5.21. The molecule has 192 valence electrons. The SMILES string of the molecule is CCN(CC)CCNC(=O)CS(=O)(=NC(=O)c1cncc(C#Cc2cccc(O)c2)c1)c1ccccc1. The average Bonchev–Trinajstić information content (AvgIpc) is 2.90. The van der Waals surface area contributed by atoms with E-state index in [9.17, 15) is 18.9 Å². The molecule has 0 bridgehead atoms. The second-order valence-electron chi connectivity index (χ2n) is 8.13. The lowest BCUT2D eigenvalue weighted by Gasteiger charge is -2.18. The zero-order valence-electron chi connectivity index (χ0n) is 20.9. The Bertz CT molecular complexity index is 1420. The minimum absolute atomic E-state index is 0.0976. The van der Waals surface area contributed by atoms with Gasteiger partial charge in [0.15, 0.2) is 0 Å². The first kappa shape index (κ1) is 27.6. The van der Waals surface area contributed by atoms with Gasteiger partial charge in [0.25, 0.3) is 5.91 Å². The number of aromatic nitrogens is 1. The Morgan fingerprint density at radius 2 is 1.73 bits per heavy atom. The third-order valence-electron chi connectivity index (χ3n) is 5.50. The van der Waals surface area contributed by atoms with Gasteiger partial charge in [0, 0.05) is 41.5 Å². The molecule has 2 amide bonds. The summed E-state index contributed by atoms with van der Waals surface area (Å²) in [4.78, 5) is 32.3. The van der Waals surface area contributed by atoms with E-state index in [2.05, 4.69) is 31.4 Å². The molecule has 0 saturated carbocycles. The molecule has 0 aliphatic heterocycles. The first-order valence-electron chi connectivity index (χ1n) is 11.9. The van der Waals surface area contributed by atoms with Gasteiger partial charge in [0.2, 0.25) is 5.91 Å². The Labute approximate surface area is 217 Å². The van der Waals surface area contributed by atoms with E-state index in [1.54, 1.807) is 48.5 Å². The summed E-state index contributed by atoms with van der Waals surface area (Å²) in [5.74, 6) is 4.26. The molecule has 0 radical (unpaired) electrons. The minimum Gasteiger partial charge on any atom is -0.508 e. The van der Waals surface area contributed by atoms with E-state index in [1.807, 2.05) is 13.8 Å². The van der Waals surface area contributed by atoms with Crippen molar-refractivity contribution < 1.29 is 18.9 Å². The number of carbonyl (C=O) groups is 2. The highest BCUT2D eigenvalue weighted by Gasteiger charge is 2.20. The highest BCUT2D eigenvalue weighted by Crippen LogP contribution is 2.16. The van der Waals surface area contributed by atoms with E-state index in [0.717, 1.165) is 13.1 Å². The van der Waals surface area contributed by atoms with Crippen molar-refractivity contribution in [2.24, 2.45) is 4.36 Å². The lowest BCUT2D eigenvalue weighted by Crippen LogP contribution is -2.37. The summed E-state index contributed by atoms with van der Waals surface area (Å²) in [6, 6.07) is 16.3. The molecule has 1 aromatic heterocycles. The van der Waals surface area contributed by atoms with Crippen molar-refractivity contribution in [1.82, 2.24) is 15.2 Å². The molecular formula is C28H30N4O4S. The quantitative estimate of drug-likeness (QED) is 0.421. The molecule has 1 unspecified atom stereocenters. The second kappa shape index (κ2) is 13.3. The molecule has 0 saturated heterocycles. The average molecular weight is 519 g/mol. The fourth-order valence-electron chi connectivity index (χ4n) is 3.46. The summed E-state index contributed by atoms with van der Waals surface area (Å²) in [5, 5.41) is 12.4. The number of nitrogens with zero attached hydrogens (tertiary/aromatic N) is 3. The molecule has 0 aliphatic rings. The molecular weight excluding hydrogens is 488 g/mol. The van der Waals surface area contributed by atoms with Crippen LogP contribution in [0.3, 0.4) is 0 Å². The molecule has 1 heterocycles. The fraction of sp³-hybridized carbons (Fsp3) is 0.250. The zero-order valence-corrected chi connectivity index (χ0v) is 21.7. The van der Waals surface area contributed by atoms with Gasteiger partial charge in [-0.2, -0.15) is 4.36 Å². The van der Waals surface area contributed by atoms with Crippen molar-refractivity contribution in [3.05, 3.63) is 89.7 Å². The number of pyridine rings is 1. The lowest BCUT2D eigenvalue weighted by atomic mass is 10.1. The van der Waals surface area contributed by atoms with Gasteiger partial charge in [-0.25, -0.2) is 4.21 Å². The van der Waals surface area contributed by atoms with Crippen LogP contribution in [0.5, 0.6) is 5.75 Å². The van der Waals surface area contributed by atoms with Gasteiger partial charge in [0.05, 0.1) is 15.3 Å². The summed E-state index contributed by atoms with van der Waals surface area (Å²) in [5.41, 5.74) is 1.15. The Morgan fingerprint density at radius 3 is 2.43 bits per heavy atom. The van der Waals surface area contributed by atoms with E-state index in [4.69, 9.17) is 0 Å². The Hall–Kier alpha value is -4.00. The Morgan fingerprint density at radius 1 is 1.00 bits per heavy atom. The van der Waals surface area contributed by atoms with Crippen LogP contribution >= 0.6 is 0 Å². The second-order valence-corrected chi connectivity index (χ2v) is 10.4. The van der Waals surface area contributed by atoms with Crippen LogP contribution in [-0.2, 0) is 14.5 Å². The summed E-state index contributed by atoms with van der Waals surface area (Å²) in [7, 11) is -3.39. The molecule has 0 fully saturated rings. The van der Waals surface area contributed by atoms with E-state index in [0.29, 0.717) is 29.1 Å². The maximum absolute atomic E-state index is 13.9. The number of hydrogen-bond acceptors (Lipinski definition) is 6. The zero-order chi connectivity index (χ0) is 26.7. The highest BCUT2D eigenvalue weighted by atomic mass is 32.2. The number of likely N-dealkylation sites (N-methyl/N-ethyl adjacent to an activating group) is 1. The van der Waals surface area contributed by atoms with Crippen LogP contribution in [0, 0.1) is 11.8 Å². The van der Waals surface area contributed by atoms with Gasteiger partial charge in [-0.15, -0.1) is 0 Å². The monoisotopic (exact) mass is 518 g/mol. The number of amides is 2. The van der Waals surface area contributed by atoms with Crippen molar-refractivity contribution >= 4 is 21.5 Å². The van der Waals surface area contributed by atoms with Crippen LogP contribution < -0.4 is 5.32 Å². The number of benzene rings is 2. The molecule has 8 nitrogen and oxygen atoms in total. The van der Waals surface area contributed by atoms with Crippen LogP contribution in [0.2, 0.25) is 0 Å². The predicted octanol–water partition coefficient (Wildman–Crippen LogP) is 3.31. The number of hydrogen-bond donors (Lipinski definition) is 2. The van der Waals surface area contributed by atoms with Crippen LogP contribution in [0.1, 0.15) is 35.3 Å². The molecule has 3 aromatic rings. The van der Waals surface area contributed by atoms with E-state index in [-0.39, 0.29) is 11.3 Å². The molecule has 0 spiro atoms. The number of carbonyl (C=O) groups excluding carboxylic acids is 2. The first-order chi connectivity index (χ1) is 17.8. The molecule has 1 atom stereocenters. The van der Waals surface area contributed by atoms with E-state index < -0.39 is 27.3 Å². The number of phenolic OH excluding ortho intramolecular Hbond substituents is 1. The van der Waals surface area contributed by atoms with Crippen LogP contribution in [0.15, 0.2) is 82.3 Å². The van der Waals surface area contributed by atoms with Gasteiger partial charge in [-0.3, -0.25) is 14.6 Å². The first-order valence-corrected chi connectivity index (χ1v) is 13.6. The van der Waals surface area contributed by atoms with Gasteiger partial charge in [-0.05, 0) is 49.5 Å². The predicted molar refractivity (Wildman–Crippen MR) is 144 cm³/mol. The summed E-state index contributed by atoms with van der Waals surface area (Å²) in [6.07, 6.45) is 2.81. The molecule has 9 heteroatoms. The Kier molecular flexibility index (Phi) is 9.95. The van der Waals surface area contributed by atoms with Gasteiger partial charge in [0.1, 0.15) is 11.5 Å². The van der Waals surface area contributed by atoms with Gasteiger partial charge >= 0.3 is 0 Å². The highest BCUT2D eigenvalue weighted by molar-refractivity contribution is 7.94. The number of nitrogens with one attached hydrogen (secondary N) is 1. The van der Waals surface area contributed by atoms with Gasteiger partial charge in [-0.1, -0.05) is 50.0 Å². The smallest absolute Gasteiger partial charge is 0.286 e. The normalized spacial score (nSPS) is 12.2. The molecule has 2 aromatic carbocycles. The molecule has 37 heavy (non-hydrogen) atoms. The number of aromatic hydroxyl groups is 1. The van der Waals surface area contributed by atoms with Crippen LogP contribution in [-0.4, -0.2) is 62.9 Å². The van der Waals surface area contributed by atoms with E-state index in [1.165, 1.54) is 24.5 Å². The molecule has 3 rings (SSSR count). The third kappa shape index (κ3) is 8.27.